The summed E-state index contributed by atoms with van der Waals surface area (Å²) in [6, 6.07) is 8.36. The van der Waals surface area contributed by atoms with Crippen LogP contribution in [-0.4, -0.2) is 88.4 Å². The van der Waals surface area contributed by atoms with E-state index in [0.29, 0.717) is 45.7 Å². The number of anilines is 1. The molecule has 4 heterocycles. The molecule has 0 spiro atoms. The summed E-state index contributed by atoms with van der Waals surface area (Å²) in [6.07, 6.45) is -2.73. The molecule has 2 saturated heterocycles. The van der Waals surface area contributed by atoms with Gasteiger partial charge in [0.05, 0.1) is 30.9 Å². The molecule has 2 N–H and O–H groups in total. The third-order valence-electron chi connectivity index (χ3n) is 9.73. The van der Waals surface area contributed by atoms with Gasteiger partial charge in [-0.25, -0.2) is 14.4 Å². The fraction of sp³-hybridized carbons (Fsp3) is 0.389. The molecule has 3 aromatic rings. The topological polar surface area (TPSA) is 131 Å². The Morgan fingerprint density at radius 3 is 2.58 bits per heavy atom. The number of hydrogen-bond donors (Lipinski definition) is 2. The molecular weight excluding hydrogens is 691 g/mol. The highest BCUT2D eigenvalue weighted by Gasteiger charge is 2.53. The number of carbonyl (C=O) groups is 2. The van der Waals surface area contributed by atoms with Crippen LogP contribution in [0.25, 0.3) is 11.1 Å². The number of carbonyl (C=O) groups excluding carboxylic acids is 2. The second-order valence-corrected chi connectivity index (χ2v) is 12.9. The van der Waals surface area contributed by atoms with Crippen molar-refractivity contribution in [1.29, 1.82) is 5.26 Å². The van der Waals surface area contributed by atoms with Crippen LogP contribution in [0.15, 0.2) is 53.9 Å². The zero-order valence-electron chi connectivity index (χ0n) is 28.3. The van der Waals surface area contributed by atoms with Crippen molar-refractivity contribution < 1.29 is 46.1 Å². The number of ether oxygens (including phenoxy) is 2. The molecule has 274 valence electrons. The molecule has 2 aromatic carbocycles. The van der Waals surface area contributed by atoms with E-state index in [4.69, 9.17) is 9.47 Å². The third-order valence-corrected chi connectivity index (χ3v) is 9.73. The van der Waals surface area contributed by atoms with Gasteiger partial charge in [-0.15, -0.1) is 0 Å². The summed E-state index contributed by atoms with van der Waals surface area (Å²) in [5.41, 5.74) is -3.13. The van der Waals surface area contributed by atoms with E-state index in [1.54, 1.807) is 6.92 Å². The summed E-state index contributed by atoms with van der Waals surface area (Å²) < 4.78 is 83.0. The number of nitrogens with one attached hydrogen (secondary N) is 1. The molecule has 0 saturated carbocycles. The lowest BCUT2D eigenvalue weighted by Gasteiger charge is -2.46. The van der Waals surface area contributed by atoms with E-state index in [9.17, 15) is 33.1 Å². The number of aliphatic hydroxyl groups is 1. The Hall–Kier alpha value is -5.11. The highest BCUT2D eigenvalue weighted by Crippen LogP contribution is 2.43. The first-order valence-electron chi connectivity index (χ1n) is 16.6. The van der Waals surface area contributed by atoms with Gasteiger partial charge in [-0.05, 0) is 68.1 Å². The van der Waals surface area contributed by atoms with Crippen molar-refractivity contribution in [3.8, 4) is 22.9 Å². The summed E-state index contributed by atoms with van der Waals surface area (Å²) in [6.45, 7) is 5.96. The lowest BCUT2D eigenvalue weighted by molar-refractivity contribution is -0.160. The van der Waals surface area contributed by atoms with Crippen LogP contribution in [0.3, 0.4) is 0 Å². The molecule has 0 aliphatic carbocycles. The summed E-state index contributed by atoms with van der Waals surface area (Å²) >= 11 is 0. The van der Waals surface area contributed by atoms with Gasteiger partial charge in [0.1, 0.15) is 29.7 Å². The molecule has 1 aromatic heterocycles. The predicted octanol–water partition coefficient (Wildman–Crippen LogP) is 5.50. The van der Waals surface area contributed by atoms with Gasteiger partial charge in [-0.1, -0.05) is 6.07 Å². The fourth-order valence-electron chi connectivity index (χ4n) is 6.80. The number of halogens is 5. The highest BCUT2D eigenvalue weighted by molar-refractivity contribution is 6.24. The number of morpholine rings is 1. The van der Waals surface area contributed by atoms with Gasteiger partial charge in [0, 0.05) is 49.2 Å². The standard InChI is InChI=1S/C36H35F5N6O5/c1-21-24(8-10-43-27(21)19-42)25-18-23(36(39,40)41)5-6-26(25)44-33(49)29-32(48)35(2)9-3-11-47(35)46(34(29)50)20-22-4-7-28(31(38)30(22)37)52-17-14-45-12-15-51-16-13-45/h4-8,10,18,48H,3,9,11-17,20H2,1-2H3,(H,44,49)/t35-/m1/s1. The van der Waals surface area contributed by atoms with E-state index < -0.39 is 58.6 Å². The molecule has 1 atom stereocenters. The molecule has 11 nitrogen and oxygen atoms in total. The minimum Gasteiger partial charge on any atom is -0.509 e. The van der Waals surface area contributed by atoms with Crippen LogP contribution < -0.4 is 10.1 Å². The van der Waals surface area contributed by atoms with Gasteiger partial charge in [0.2, 0.25) is 5.82 Å². The Labute approximate surface area is 295 Å². The van der Waals surface area contributed by atoms with Crippen molar-refractivity contribution in [2.24, 2.45) is 0 Å². The van der Waals surface area contributed by atoms with Gasteiger partial charge in [0.25, 0.3) is 11.8 Å². The lowest BCUT2D eigenvalue weighted by Crippen LogP contribution is -2.60. The van der Waals surface area contributed by atoms with E-state index >= 15 is 8.78 Å². The number of amides is 2. The fourth-order valence-corrected chi connectivity index (χ4v) is 6.80. The number of fused-ring (bicyclic) bond motifs is 1. The maximum absolute atomic E-state index is 15.5. The van der Waals surface area contributed by atoms with E-state index in [1.807, 2.05) is 6.07 Å². The Kier molecular flexibility index (Phi) is 10.2. The molecule has 52 heavy (non-hydrogen) atoms. The second-order valence-electron chi connectivity index (χ2n) is 12.9. The summed E-state index contributed by atoms with van der Waals surface area (Å²) in [7, 11) is 0. The first-order chi connectivity index (χ1) is 24.7. The van der Waals surface area contributed by atoms with Crippen LogP contribution in [0.4, 0.5) is 27.6 Å². The number of rotatable bonds is 9. The first kappa shape index (κ1) is 36.7. The molecule has 0 unspecified atom stereocenters. The number of hydrogen-bond acceptors (Lipinski definition) is 9. The van der Waals surface area contributed by atoms with Crippen molar-refractivity contribution in [2.75, 3.05) is 51.3 Å². The van der Waals surface area contributed by atoms with E-state index in [2.05, 4.69) is 15.2 Å². The van der Waals surface area contributed by atoms with E-state index in [0.717, 1.165) is 23.2 Å². The zero-order valence-corrected chi connectivity index (χ0v) is 28.3. The Bertz CT molecular complexity index is 1980. The SMILES string of the molecule is Cc1c(-c2cc(C(F)(F)F)ccc2NC(=O)C2=C(O)[C@@]3(C)CCCN3N(Cc3ccc(OCCN4CCOCC4)c(F)c3F)C2=O)ccnc1C#N. The quantitative estimate of drug-likeness (QED) is 0.217. The van der Waals surface area contributed by atoms with Gasteiger partial charge < -0.3 is 19.9 Å². The van der Waals surface area contributed by atoms with Crippen LogP contribution in [0, 0.1) is 29.9 Å². The Balaban J connectivity index is 1.29. The van der Waals surface area contributed by atoms with E-state index in [1.165, 1.54) is 36.3 Å². The molecule has 3 aliphatic rings. The average molecular weight is 727 g/mol. The predicted molar refractivity (Wildman–Crippen MR) is 176 cm³/mol. The summed E-state index contributed by atoms with van der Waals surface area (Å²) in [5.74, 6) is -5.53. The molecule has 16 heteroatoms. The van der Waals surface area contributed by atoms with Crippen molar-refractivity contribution in [3.05, 3.63) is 87.9 Å². The van der Waals surface area contributed by atoms with Crippen molar-refractivity contribution in [1.82, 2.24) is 19.9 Å². The molecule has 2 amide bonds. The number of pyridine rings is 1. The molecule has 0 bridgehead atoms. The smallest absolute Gasteiger partial charge is 0.416 e. The van der Waals surface area contributed by atoms with Gasteiger partial charge in [-0.3, -0.25) is 19.5 Å². The maximum Gasteiger partial charge on any atom is 0.416 e. The summed E-state index contributed by atoms with van der Waals surface area (Å²) in [4.78, 5) is 34.0. The zero-order chi connectivity index (χ0) is 37.4. The molecule has 0 radical (unpaired) electrons. The number of nitriles is 1. The van der Waals surface area contributed by atoms with Crippen LogP contribution in [-0.2, 0) is 27.0 Å². The molecule has 3 aliphatic heterocycles. The first-order valence-corrected chi connectivity index (χ1v) is 16.6. The monoisotopic (exact) mass is 726 g/mol. The lowest BCUT2D eigenvalue weighted by atomic mass is 9.90. The third kappa shape index (κ3) is 6.91. The largest absolute Gasteiger partial charge is 0.509 e. The van der Waals surface area contributed by atoms with Crippen molar-refractivity contribution in [3.63, 3.8) is 0 Å². The maximum atomic E-state index is 15.5. The normalized spacial score (nSPS) is 19.8. The van der Waals surface area contributed by atoms with Crippen molar-refractivity contribution >= 4 is 17.5 Å². The number of nitrogens with zero attached hydrogens (tertiary/aromatic N) is 5. The van der Waals surface area contributed by atoms with Crippen LogP contribution >= 0.6 is 0 Å². The van der Waals surface area contributed by atoms with E-state index in [-0.39, 0.29) is 52.5 Å². The average Bonchev–Trinajstić information content (AvgIpc) is 3.52. The van der Waals surface area contributed by atoms with Gasteiger partial charge in [-0.2, -0.15) is 22.8 Å². The van der Waals surface area contributed by atoms with Crippen LogP contribution in [0.2, 0.25) is 0 Å². The van der Waals surface area contributed by atoms with Gasteiger partial charge >= 0.3 is 6.18 Å². The Morgan fingerprint density at radius 2 is 1.87 bits per heavy atom. The van der Waals surface area contributed by atoms with Crippen LogP contribution in [0.1, 0.15) is 42.1 Å². The van der Waals surface area contributed by atoms with Crippen LogP contribution in [0.5, 0.6) is 5.75 Å². The number of benzene rings is 2. The Morgan fingerprint density at radius 1 is 1.12 bits per heavy atom. The molecular formula is C36H35F5N6O5. The molecule has 6 rings (SSSR count). The second kappa shape index (κ2) is 14.5. The highest BCUT2D eigenvalue weighted by atomic mass is 19.4. The number of aliphatic hydroxyl groups excluding tert-OH is 1. The minimum absolute atomic E-state index is 0.0452. The number of hydrazine groups is 1. The number of aromatic nitrogens is 1. The van der Waals surface area contributed by atoms with Crippen molar-refractivity contribution in [2.45, 2.75) is 44.9 Å². The van der Waals surface area contributed by atoms with Gasteiger partial charge in [0.15, 0.2) is 11.6 Å². The summed E-state index contributed by atoms with van der Waals surface area (Å²) in [5, 5.41) is 26.0. The minimum atomic E-state index is -4.75. The molecule has 2 fully saturated rings. The number of alkyl halides is 3.